The van der Waals surface area contributed by atoms with E-state index in [0.29, 0.717) is 31.5 Å². The number of aromatic nitrogens is 4. The standard InChI is InChI=1S/C17H22N8O2/c1-2-27-9-10(18)6-20-17-21-7-12(15(19)26)16(24-17)23-13-4-3-5-14-11(13)8-22-25-14/h3-5,7-8,10H,2,6,9,18H2,1H3,(H2,19,26)(H,22,25)(H2,20,21,23,24). The predicted octanol–water partition coefficient (Wildman–Crippen LogP) is 0.971. The summed E-state index contributed by atoms with van der Waals surface area (Å²) in [5.74, 6) is -0.00244. The van der Waals surface area contributed by atoms with E-state index in [9.17, 15) is 4.79 Å². The van der Waals surface area contributed by atoms with Gasteiger partial charge < -0.3 is 26.8 Å². The topological polar surface area (TPSA) is 157 Å². The molecule has 10 nitrogen and oxygen atoms in total. The Bertz CT molecular complexity index is 926. The molecule has 0 aliphatic heterocycles. The number of primary amides is 1. The van der Waals surface area contributed by atoms with Crippen molar-refractivity contribution in [3.8, 4) is 0 Å². The fraction of sp³-hybridized carbons (Fsp3) is 0.294. The zero-order valence-corrected chi connectivity index (χ0v) is 14.9. The molecule has 0 saturated heterocycles. The van der Waals surface area contributed by atoms with Crippen LogP contribution < -0.4 is 22.1 Å². The first kappa shape index (κ1) is 18.5. The van der Waals surface area contributed by atoms with Gasteiger partial charge in [0.2, 0.25) is 5.95 Å². The van der Waals surface area contributed by atoms with Crippen LogP contribution in [0.25, 0.3) is 10.9 Å². The maximum atomic E-state index is 11.7. The average Bonchev–Trinajstić information content (AvgIpc) is 3.14. The van der Waals surface area contributed by atoms with Crippen LogP contribution in [0.4, 0.5) is 17.5 Å². The van der Waals surface area contributed by atoms with Gasteiger partial charge in [-0.3, -0.25) is 9.89 Å². The van der Waals surface area contributed by atoms with Gasteiger partial charge in [-0.25, -0.2) is 4.98 Å². The molecule has 3 rings (SSSR count). The molecule has 1 aromatic carbocycles. The number of hydrogen-bond donors (Lipinski definition) is 5. The van der Waals surface area contributed by atoms with Gasteiger partial charge in [0.05, 0.1) is 24.0 Å². The third kappa shape index (κ3) is 4.49. The SMILES string of the molecule is CCOCC(N)CNc1ncc(C(N)=O)c(Nc2cccc3[nH]ncc23)n1. The number of fused-ring (bicyclic) bond motifs is 1. The van der Waals surface area contributed by atoms with Gasteiger partial charge in [-0.15, -0.1) is 0 Å². The number of amides is 1. The van der Waals surface area contributed by atoms with Crippen molar-refractivity contribution in [2.75, 3.05) is 30.4 Å². The highest BCUT2D eigenvalue weighted by Crippen LogP contribution is 2.26. The maximum Gasteiger partial charge on any atom is 0.254 e. The number of hydrogen-bond acceptors (Lipinski definition) is 8. The van der Waals surface area contributed by atoms with Crippen molar-refractivity contribution in [3.05, 3.63) is 36.2 Å². The lowest BCUT2D eigenvalue weighted by Crippen LogP contribution is -2.34. The second-order valence-electron chi connectivity index (χ2n) is 5.88. The fourth-order valence-corrected chi connectivity index (χ4v) is 2.50. The molecule has 142 valence electrons. The molecule has 3 aromatic rings. The highest BCUT2D eigenvalue weighted by atomic mass is 16.5. The van der Waals surface area contributed by atoms with E-state index in [1.54, 1.807) is 6.20 Å². The maximum absolute atomic E-state index is 11.7. The van der Waals surface area contributed by atoms with Crippen molar-refractivity contribution in [1.29, 1.82) is 0 Å². The Morgan fingerprint density at radius 3 is 3.00 bits per heavy atom. The summed E-state index contributed by atoms with van der Waals surface area (Å²) in [6, 6.07) is 5.41. The van der Waals surface area contributed by atoms with Crippen molar-refractivity contribution in [1.82, 2.24) is 20.2 Å². The summed E-state index contributed by atoms with van der Waals surface area (Å²) in [7, 11) is 0. The Hall–Kier alpha value is -3.24. The number of rotatable bonds is 9. The zero-order valence-electron chi connectivity index (χ0n) is 14.9. The quantitative estimate of drug-likeness (QED) is 0.373. The molecule has 0 fully saturated rings. The molecule has 10 heteroatoms. The lowest BCUT2D eigenvalue weighted by Gasteiger charge is -2.14. The van der Waals surface area contributed by atoms with Crippen LogP contribution in [-0.2, 0) is 4.74 Å². The molecule has 0 radical (unpaired) electrons. The summed E-state index contributed by atoms with van der Waals surface area (Å²) in [6.07, 6.45) is 3.07. The summed E-state index contributed by atoms with van der Waals surface area (Å²) in [5, 5.41) is 14.0. The molecule has 7 N–H and O–H groups in total. The number of aromatic amines is 1. The summed E-state index contributed by atoms with van der Waals surface area (Å²) in [5.41, 5.74) is 13.2. The number of carbonyl (C=O) groups is 1. The van der Waals surface area contributed by atoms with Gasteiger partial charge in [-0.1, -0.05) is 6.07 Å². The summed E-state index contributed by atoms with van der Waals surface area (Å²) >= 11 is 0. The van der Waals surface area contributed by atoms with Crippen LogP contribution in [0.15, 0.2) is 30.6 Å². The molecule has 1 unspecified atom stereocenters. The molecule has 27 heavy (non-hydrogen) atoms. The Kier molecular flexibility index (Phi) is 5.79. The van der Waals surface area contributed by atoms with E-state index in [4.69, 9.17) is 16.2 Å². The monoisotopic (exact) mass is 370 g/mol. The van der Waals surface area contributed by atoms with E-state index >= 15 is 0 Å². The predicted molar refractivity (Wildman–Crippen MR) is 103 cm³/mol. The van der Waals surface area contributed by atoms with Gasteiger partial charge >= 0.3 is 0 Å². The molecule has 0 spiro atoms. The second kappa shape index (κ2) is 8.43. The smallest absolute Gasteiger partial charge is 0.254 e. The van der Waals surface area contributed by atoms with E-state index in [1.165, 1.54) is 6.20 Å². The van der Waals surface area contributed by atoms with Crippen LogP contribution in [0.2, 0.25) is 0 Å². The molecule has 1 atom stereocenters. The third-order valence-corrected chi connectivity index (χ3v) is 3.85. The van der Waals surface area contributed by atoms with Crippen molar-refractivity contribution in [2.24, 2.45) is 11.5 Å². The van der Waals surface area contributed by atoms with Gasteiger partial charge in [0.25, 0.3) is 5.91 Å². The van der Waals surface area contributed by atoms with Gasteiger partial charge in [-0.2, -0.15) is 10.1 Å². The average molecular weight is 370 g/mol. The summed E-state index contributed by atoms with van der Waals surface area (Å²) in [6.45, 7) is 3.36. The van der Waals surface area contributed by atoms with E-state index in [-0.39, 0.29) is 11.6 Å². The van der Waals surface area contributed by atoms with E-state index in [2.05, 4.69) is 30.8 Å². The number of carbonyl (C=O) groups excluding carboxylic acids is 1. The highest BCUT2D eigenvalue weighted by Gasteiger charge is 2.14. The minimum Gasteiger partial charge on any atom is -0.380 e. The van der Waals surface area contributed by atoms with Crippen molar-refractivity contribution in [3.63, 3.8) is 0 Å². The van der Waals surface area contributed by atoms with Crippen LogP contribution in [0.5, 0.6) is 0 Å². The fourth-order valence-electron chi connectivity index (χ4n) is 2.50. The number of anilines is 3. The largest absolute Gasteiger partial charge is 0.380 e. The normalized spacial score (nSPS) is 12.1. The molecular formula is C17H22N8O2. The number of nitrogens with two attached hydrogens (primary N) is 2. The Morgan fingerprint density at radius 1 is 1.37 bits per heavy atom. The molecule has 0 aliphatic carbocycles. The number of H-pyrrole nitrogens is 1. The van der Waals surface area contributed by atoms with E-state index < -0.39 is 5.91 Å². The first-order valence-electron chi connectivity index (χ1n) is 8.51. The zero-order chi connectivity index (χ0) is 19.2. The van der Waals surface area contributed by atoms with Crippen molar-refractivity contribution < 1.29 is 9.53 Å². The summed E-state index contributed by atoms with van der Waals surface area (Å²) in [4.78, 5) is 20.2. The molecule has 0 aliphatic rings. The lowest BCUT2D eigenvalue weighted by molar-refractivity contribution is 0.100. The van der Waals surface area contributed by atoms with Gasteiger partial charge in [0, 0.05) is 30.8 Å². The Morgan fingerprint density at radius 2 is 2.22 bits per heavy atom. The third-order valence-electron chi connectivity index (χ3n) is 3.85. The molecule has 0 bridgehead atoms. The lowest BCUT2D eigenvalue weighted by atomic mass is 10.2. The van der Waals surface area contributed by atoms with E-state index in [0.717, 1.165) is 16.6 Å². The molecule has 2 aromatic heterocycles. The number of benzene rings is 1. The van der Waals surface area contributed by atoms with Crippen LogP contribution in [0, 0.1) is 0 Å². The van der Waals surface area contributed by atoms with Crippen LogP contribution >= 0.6 is 0 Å². The molecule has 2 heterocycles. The molecule has 0 saturated carbocycles. The van der Waals surface area contributed by atoms with Gasteiger partial charge in [-0.05, 0) is 19.1 Å². The first-order valence-corrected chi connectivity index (χ1v) is 8.51. The minimum absolute atomic E-state index is 0.180. The highest BCUT2D eigenvalue weighted by molar-refractivity contribution is 6.00. The van der Waals surface area contributed by atoms with Crippen LogP contribution in [0.1, 0.15) is 17.3 Å². The summed E-state index contributed by atoms with van der Waals surface area (Å²) < 4.78 is 5.28. The Balaban J connectivity index is 1.82. The van der Waals surface area contributed by atoms with Crippen LogP contribution in [0.3, 0.4) is 0 Å². The number of nitrogens with zero attached hydrogens (tertiary/aromatic N) is 3. The van der Waals surface area contributed by atoms with E-state index in [1.807, 2.05) is 25.1 Å². The van der Waals surface area contributed by atoms with Crippen LogP contribution in [-0.4, -0.2) is 51.9 Å². The Labute approximate surface area is 155 Å². The minimum atomic E-state index is -0.628. The molecule has 1 amide bonds. The van der Waals surface area contributed by atoms with Gasteiger partial charge in [0.1, 0.15) is 11.4 Å². The first-order chi connectivity index (χ1) is 13.1. The van der Waals surface area contributed by atoms with Crippen molar-refractivity contribution >= 4 is 34.3 Å². The second-order valence-corrected chi connectivity index (χ2v) is 5.88. The molecular weight excluding hydrogens is 348 g/mol. The van der Waals surface area contributed by atoms with Gasteiger partial charge in [0.15, 0.2) is 0 Å². The van der Waals surface area contributed by atoms with Crippen molar-refractivity contribution in [2.45, 2.75) is 13.0 Å². The number of ether oxygens (including phenoxy) is 1. The number of nitrogens with one attached hydrogen (secondary N) is 3.